The first-order chi connectivity index (χ1) is 15.1. The van der Waals surface area contributed by atoms with E-state index < -0.39 is 21.9 Å². The van der Waals surface area contributed by atoms with Crippen LogP contribution in [-0.2, 0) is 19.6 Å². The molecule has 0 bridgehead atoms. The Hall–Kier alpha value is -2.62. The fraction of sp³-hybridized carbons (Fsp3) is 0.391. The van der Waals surface area contributed by atoms with Crippen molar-refractivity contribution >= 4 is 27.5 Å². The Bertz CT molecular complexity index is 1150. The van der Waals surface area contributed by atoms with Gasteiger partial charge in [0.1, 0.15) is 5.82 Å². The number of aryl methyl sites for hydroxylation is 3. The topological polar surface area (TPSA) is 79.2 Å². The molecule has 0 aliphatic carbocycles. The molecule has 2 saturated heterocycles. The fourth-order valence-electron chi connectivity index (χ4n) is 4.88. The summed E-state index contributed by atoms with van der Waals surface area (Å²) in [6.45, 7) is 6.97. The summed E-state index contributed by atoms with van der Waals surface area (Å²) in [5.74, 6) is -1.08. The third-order valence-corrected chi connectivity index (χ3v) is 8.50. The molecule has 2 aromatic rings. The number of nitrogens with zero attached hydrogens (tertiary/aromatic N) is 2. The van der Waals surface area contributed by atoms with Gasteiger partial charge in [-0.2, -0.15) is 4.31 Å². The molecule has 0 saturated carbocycles. The highest BCUT2D eigenvalue weighted by Crippen LogP contribution is 2.26. The van der Waals surface area contributed by atoms with Crippen LogP contribution in [0.4, 0.5) is 10.1 Å². The van der Waals surface area contributed by atoms with Crippen LogP contribution in [-0.4, -0.2) is 56.8 Å². The van der Waals surface area contributed by atoms with Crippen molar-refractivity contribution in [3.8, 4) is 0 Å². The molecule has 0 radical (unpaired) electrons. The largest absolute Gasteiger partial charge is 0.322 e. The van der Waals surface area contributed by atoms with Gasteiger partial charge < -0.3 is 4.90 Å². The van der Waals surface area contributed by atoms with Gasteiger partial charge in [0, 0.05) is 0 Å². The minimum atomic E-state index is -3.65. The van der Waals surface area contributed by atoms with Gasteiger partial charge in [-0.15, -0.1) is 0 Å². The number of carbonyl (C=O) groups is 2. The monoisotopic (exact) mass is 460 g/mol. The Morgan fingerprint density at radius 1 is 0.969 bits per heavy atom. The molecule has 0 unspecified atom stereocenters. The Morgan fingerprint density at radius 2 is 1.53 bits per heavy atom. The lowest BCUT2D eigenvalue weighted by molar-refractivity contribution is -0.918. The van der Waals surface area contributed by atoms with Crippen molar-refractivity contribution in [3.63, 3.8) is 0 Å². The third-order valence-electron chi connectivity index (χ3n) is 6.29. The third kappa shape index (κ3) is 3.96. The second-order valence-electron chi connectivity index (χ2n) is 8.59. The quantitative estimate of drug-likeness (QED) is 0.690. The summed E-state index contributed by atoms with van der Waals surface area (Å²) in [4.78, 5) is 27.9. The van der Waals surface area contributed by atoms with E-state index in [1.165, 1.54) is 28.6 Å². The number of hydrogen-bond donors (Lipinski definition) is 1. The van der Waals surface area contributed by atoms with Gasteiger partial charge in [0.15, 0.2) is 6.04 Å². The van der Waals surface area contributed by atoms with Crippen molar-refractivity contribution in [2.45, 2.75) is 38.1 Å². The zero-order chi connectivity index (χ0) is 23.2. The van der Waals surface area contributed by atoms with E-state index in [4.69, 9.17) is 0 Å². The first-order valence-electron chi connectivity index (χ1n) is 10.6. The first-order valence-corrected chi connectivity index (χ1v) is 12.1. The smallest absolute Gasteiger partial charge is 0.292 e. The number of hydrogen-bond acceptors (Lipinski definition) is 4. The molecule has 0 aromatic heterocycles. The summed E-state index contributed by atoms with van der Waals surface area (Å²) in [5, 5.41) is 0. The number of anilines is 1. The van der Waals surface area contributed by atoms with Gasteiger partial charge in [-0.1, -0.05) is 17.7 Å². The molecule has 2 fully saturated rings. The second-order valence-corrected chi connectivity index (χ2v) is 10.5. The number of carbonyl (C=O) groups excluding carboxylic acids is 2. The molecule has 2 aromatic carbocycles. The van der Waals surface area contributed by atoms with E-state index in [0.717, 1.165) is 26.5 Å². The number of amides is 2. The molecule has 32 heavy (non-hydrogen) atoms. The van der Waals surface area contributed by atoms with Crippen LogP contribution in [0.5, 0.6) is 0 Å². The lowest BCUT2D eigenvalue weighted by Crippen LogP contribution is -3.19. The zero-order valence-corrected chi connectivity index (χ0v) is 19.2. The lowest BCUT2D eigenvalue weighted by Gasteiger charge is -2.34. The molecule has 2 heterocycles. The summed E-state index contributed by atoms with van der Waals surface area (Å²) in [7, 11) is -3.65. The minimum absolute atomic E-state index is 0.0640. The number of sulfonamides is 1. The maximum atomic E-state index is 13.3. The van der Waals surface area contributed by atoms with Crippen molar-refractivity contribution in [3.05, 3.63) is 58.9 Å². The van der Waals surface area contributed by atoms with Crippen molar-refractivity contribution in [2.75, 3.05) is 31.1 Å². The van der Waals surface area contributed by atoms with Crippen LogP contribution in [0.3, 0.4) is 0 Å². The zero-order valence-electron chi connectivity index (χ0n) is 18.4. The van der Waals surface area contributed by atoms with E-state index in [2.05, 4.69) is 0 Å². The number of benzene rings is 2. The standard InChI is InChI=1S/C23H26FN3O4S/c1-15-12-16(2)22(17(3)13-15)32(30,31)26-10-8-25(9-11-26)20-14-21(28)27(23(20)29)19-6-4-18(24)5-7-19/h4-7,12-13,20H,8-11,14H2,1-3H3/p+1/t20-/m1/s1. The highest BCUT2D eigenvalue weighted by atomic mass is 32.2. The predicted molar refractivity (Wildman–Crippen MR) is 117 cm³/mol. The average Bonchev–Trinajstić information content (AvgIpc) is 3.02. The normalized spacial score (nSPS) is 20.9. The summed E-state index contributed by atoms with van der Waals surface area (Å²) >= 11 is 0. The van der Waals surface area contributed by atoms with Gasteiger partial charge in [0.2, 0.25) is 15.9 Å². The second kappa shape index (κ2) is 8.38. The Kier molecular flexibility index (Phi) is 5.91. The van der Waals surface area contributed by atoms with Crippen LogP contribution >= 0.6 is 0 Å². The van der Waals surface area contributed by atoms with E-state index in [1.807, 2.05) is 19.1 Å². The molecule has 7 nitrogen and oxygen atoms in total. The summed E-state index contributed by atoms with van der Waals surface area (Å²) < 4.78 is 41.3. The minimum Gasteiger partial charge on any atom is -0.322 e. The summed E-state index contributed by atoms with van der Waals surface area (Å²) in [6, 6.07) is 8.45. The average molecular weight is 461 g/mol. The molecule has 9 heteroatoms. The molecular formula is C23H27FN3O4S+. The number of piperazine rings is 1. The van der Waals surface area contributed by atoms with Gasteiger partial charge in [-0.05, 0) is 56.2 Å². The molecule has 2 aliphatic heterocycles. The highest BCUT2D eigenvalue weighted by Gasteiger charge is 2.47. The molecule has 4 rings (SSSR count). The SMILES string of the molecule is Cc1cc(C)c(S(=O)(=O)N2CC[NH+]([C@@H]3CC(=O)N(c4ccc(F)cc4)C3=O)CC2)c(C)c1. The van der Waals surface area contributed by atoms with E-state index in [0.29, 0.717) is 23.7 Å². The number of rotatable bonds is 4. The van der Waals surface area contributed by atoms with Gasteiger partial charge in [-0.25, -0.2) is 17.7 Å². The molecule has 2 aliphatic rings. The van der Waals surface area contributed by atoms with E-state index in [9.17, 15) is 22.4 Å². The van der Waals surface area contributed by atoms with Crippen LogP contribution < -0.4 is 9.80 Å². The van der Waals surface area contributed by atoms with Crippen molar-refractivity contribution in [1.29, 1.82) is 0 Å². The first kappa shape index (κ1) is 22.6. The Balaban J connectivity index is 1.48. The van der Waals surface area contributed by atoms with Crippen LogP contribution in [0.15, 0.2) is 41.3 Å². The van der Waals surface area contributed by atoms with Crippen LogP contribution in [0, 0.1) is 26.6 Å². The maximum absolute atomic E-state index is 13.3. The van der Waals surface area contributed by atoms with Crippen LogP contribution in [0.25, 0.3) is 0 Å². The number of imide groups is 1. The van der Waals surface area contributed by atoms with Crippen molar-refractivity contribution in [2.24, 2.45) is 0 Å². The predicted octanol–water partition coefficient (Wildman–Crippen LogP) is 0.972. The molecular weight excluding hydrogens is 433 g/mol. The van der Waals surface area contributed by atoms with Crippen LogP contribution in [0.2, 0.25) is 0 Å². The Morgan fingerprint density at radius 3 is 2.09 bits per heavy atom. The molecule has 1 N–H and O–H groups in total. The van der Waals surface area contributed by atoms with E-state index in [-0.39, 0.29) is 31.3 Å². The number of halogens is 1. The maximum Gasteiger partial charge on any atom is 0.292 e. The van der Waals surface area contributed by atoms with E-state index in [1.54, 1.807) is 13.8 Å². The van der Waals surface area contributed by atoms with E-state index >= 15 is 0 Å². The fourth-order valence-corrected chi connectivity index (χ4v) is 6.73. The highest BCUT2D eigenvalue weighted by molar-refractivity contribution is 7.89. The summed E-state index contributed by atoms with van der Waals surface area (Å²) in [6.07, 6.45) is 0.0640. The van der Waals surface area contributed by atoms with Crippen molar-refractivity contribution in [1.82, 2.24) is 4.31 Å². The number of nitrogens with one attached hydrogen (secondary N) is 1. The lowest BCUT2D eigenvalue weighted by atomic mass is 10.1. The molecule has 2 amide bonds. The van der Waals surface area contributed by atoms with Crippen molar-refractivity contribution < 1.29 is 27.3 Å². The number of quaternary nitrogens is 1. The molecule has 0 spiro atoms. The van der Waals surface area contributed by atoms with Gasteiger partial charge in [0.05, 0.1) is 43.2 Å². The van der Waals surface area contributed by atoms with Crippen LogP contribution in [0.1, 0.15) is 23.1 Å². The van der Waals surface area contributed by atoms with Gasteiger partial charge in [0.25, 0.3) is 5.91 Å². The molecule has 1 atom stereocenters. The van der Waals surface area contributed by atoms with Gasteiger partial charge in [-0.3, -0.25) is 9.59 Å². The molecule has 170 valence electrons. The van der Waals surface area contributed by atoms with Gasteiger partial charge >= 0.3 is 0 Å². The summed E-state index contributed by atoms with van der Waals surface area (Å²) in [5.41, 5.74) is 2.82. The Labute approximate surface area is 187 Å².